The Balaban J connectivity index is 2.11. The Morgan fingerprint density at radius 3 is 2.00 bits per heavy atom. The topological polar surface area (TPSA) is 166 Å². The average Bonchev–Trinajstić information content (AvgIpc) is 3.18. The number of carbonyl (C=O) groups excluding carboxylic acids is 4. The molecule has 4 rings (SSSR count). The van der Waals surface area contributed by atoms with Crippen molar-refractivity contribution in [2.75, 3.05) is 0 Å². The minimum absolute atomic E-state index is 0.111. The number of hydrogen-bond donors (Lipinski definition) is 3. The zero-order valence-electron chi connectivity index (χ0n) is 26.2. The second-order valence-electron chi connectivity index (χ2n) is 12.9. The molecule has 0 aliphatic heterocycles. The summed E-state index contributed by atoms with van der Waals surface area (Å²) in [5.74, 6) is -3.97. The Kier molecular flexibility index (Phi) is 8.91. The highest BCUT2D eigenvalue weighted by Crippen LogP contribution is 2.65. The first-order valence-electron chi connectivity index (χ1n) is 14.6. The van der Waals surface area contributed by atoms with E-state index >= 15 is 0 Å². The van der Waals surface area contributed by atoms with Crippen molar-refractivity contribution in [2.24, 2.45) is 16.7 Å². The van der Waals surface area contributed by atoms with E-state index in [1.807, 2.05) is 0 Å². The Bertz CT molecular complexity index is 1380. The predicted octanol–water partition coefficient (Wildman–Crippen LogP) is 2.80. The van der Waals surface area contributed by atoms with Crippen LogP contribution in [0.1, 0.15) is 71.7 Å². The van der Waals surface area contributed by atoms with E-state index in [4.69, 9.17) is 18.9 Å². The van der Waals surface area contributed by atoms with Gasteiger partial charge in [-0.05, 0) is 49.6 Å². The molecule has 9 atom stereocenters. The first kappa shape index (κ1) is 33.4. The lowest BCUT2D eigenvalue weighted by molar-refractivity contribution is -0.208. The highest BCUT2D eigenvalue weighted by atomic mass is 16.6. The van der Waals surface area contributed by atoms with Gasteiger partial charge in [0.15, 0.2) is 0 Å². The predicted molar refractivity (Wildman–Crippen MR) is 156 cm³/mol. The van der Waals surface area contributed by atoms with Gasteiger partial charge in [0.2, 0.25) is 0 Å². The van der Waals surface area contributed by atoms with E-state index in [9.17, 15) is 34.5 Å². The lowest BCUT2D eigenvalue weighted by Crippen LogP contribution is -2.63. The van der Waals surface area contributed by atoms with Crippen molar-refractivity contribution >= 4 is 23.9 Å². The highest BCUT2D eigenvalue weighted by Gasteiger charge is 2.73. The Morgan fingerprint density at radius 2 is 1.48 bits per heavy atom. The fourth-order valence-electron chi connectivity index (χ4n) is 7.85. The van der Waals surface area contributed by atoms with E-state index in [1.165, 1.54) is 46.8 Å². The van der Waals surface area contributed by atoms with Crippen LogP contribution < -0.4 is 0 Å². The molecule has 0 bridgehead atoms. The number of esters is 4. The van der Waals surface area contributed by atoms with Gasteiger partial charge in [-0.1, -0.05) is 31.7 Å². The molecule has 3 aliphatic rings. The Labute approximate surface area is 256 Å². The molecule has 2 saturated carbocycles. The summed E-state index contributed by atoms with van der Waals surface area (Å²) in [5.41, 5.74) is -4.07. The molecule has 3 aliphatic carbocycles. The summed E-state index contributed by atoms with van der Waals surface area (Å²) in [7, 11) is 0. The number of benzene rings is 1. The molecule has 0 spiro atoms. The zero-order valence-corrected chi connectivity index (χ0v) is 26.2. The lowest BCUT2D eigenvalue weighted by Gasteiger charge is -2.55. The maximum Gasteiger partial charge on any atom is 0.338 e. The smallest absolute Gasteiger partial charge is 0.338 e. The van der Waals surface area contributed by atoms with Crippen molar-refractivity contribution in [1.82, 2.24) is 0 Å². The van der Waals surface area contributed by atoms with Gasteiger partial charge in [-0.25, -0.2) is 4.79 Å². The molecule has 0 amide bonds. The molecule has 3 N–H and O–H groups in total. The van der Waals surface area contributed by atoms with Crippen LogP contribution in [0.5, 0.6) is 0 Å². The van der Waals surface area contributed by atoms with Crippen molar-refractivity contribution in [3.05, 3.63) is 59.2 Å². The van der Waals surface area contributed by atoms with Gasteiger partial charge in [-0.2, -0.15) is 0 Å². The van der Waals surface area contributed by atoms with Crippen LogP contribution in [0.4, 0.5) is 0 Å². The van der Waals surface area contributed by atoms with Crippen LogP contribution in [0.25, 0.3) is 0 Å². The number of rotatable bonds is 6. The number of carbonyl (C=O) groups is 4. The molecule has 44 heavy (non-hydrogen) atoms. The highest BCUT2D eigenvalue weighted by molar-refractivity contribution is 5.89. The van der Waals surface area contributed by atoms with Gasteiger partial charge in [-0.3, -0.25) is 14.4 Å². The molecule has 2 fully saturated rings. The van der Waals surface area contributed by atoms with Crippen LogP contribution in [0, 0.1) is 16.7 Å². The number of ether oxygens (including phenoxy) is 4. The lowest BCUT2D eigenvalue weighted by atomic mass is 9.54. The Morgan fingerprint density at radius 1 is 0.909 bits per heavy atom. The fraction of sp³-hybridized carbons (Fsp3) is 0.576. The molecule has 1 aromatic rings. The third-order valence-electron chi connectivity index (χ3n) is 9.75. The van der Waals surface area contributed by atoms with E-state index in [-0.39, 0.29) is 29.6 Å². The third-order valence-corrected chi connectivity index (χ3v) is 9.75. The summed E-state index contributed by atoms with van der Waals surface area (Å²) in [6.07, 6.45) is -8.13. The van der Waals surface area contributed by atoms with Crippen LogP contribution in [0.15, 0.2) is 53.6 Å². The molecule has 0 aromatic heterocycles. The van der Waals surface area contributed by atoms with Crippen LogP contribution >= 0.6 is 0 Å². The normalized spacial score (nSPS) is 35.1. The zero-order chi connectivity index (χ0) is 32.9. The SMILES string of the molecule is C=C1[C@@H](O)C[C@H](OC(C)=O)[C@@]2(C)[C@@H](OC(=O)c3ccccc3)[C@H](O)C3=C(C)[C@@H](OC(C)=O)C[C@]3(C(C)(C)O)[C@@H](OC(C)=O)[C@H]12. The number of aliphatic hydroxyl groups is 3. The van der Waals surface area contributed by atoms with Gasteiger partial charge in [0.25, 0.3) is 0 Å². The van der Waals surface area contributed by atoms with E-state index in [2.05, 4.69) is 6.58 Å². The molecule has 0 heterocycles. The van der Waals surface area contributed by atoms with Crippen molar-refractivity contribution in [3.8, 4) is 0 Å². The largest absolute Gasteiger partial charge is 0.462 e. The fourth-order valence-corrected chi connectivity index (χ4v) is 7.85. The Hall–Kier alpha value is -3.54. The van der Waals surface area contributed by atoms with Gasteiger partial charge < -0.3 is 34.3 Å². The van der Waals surface area contributed by atoms with Crippen LogP contribution in [0.2, 0.25) is 0 Å². The molecule has 240 valence electrons. The van der Waals surface area contributed by atoms with E-state index in [0.717, 1.165) is 0 Å². The second kappa shape index (κ2) is 11.8. The first-order valence-corrected chi connectivity index (χ1v) is 14.6. The summed E-state index contributed by atoms with van der Waals surface area (Å²) in [6, 6.07) is 8.10. The minimum Gasteiger partial charge on any atom is -0.462 e. The standard InChI is InChI=1S/C33H42O11/c1-16-22(37)14-24(42-19(4)35)32(8)26(16)28(43-20(5)36)33(31(6,7)40)15-23(41-18(3)34)17(2)25(33)27(38)29(32)44-30(39)21-12-10-9-11-13-21/h9-13,22-24,26-29,37-38,40H,1,14-15H2,2-8H3/t22-,23-,24-,26-,27+,28-,29-,32+,33+/m0/s1. The number of fused-ring (bicyclic) bond motifs is 2. The molecular formula is C33H42O11. The molecule has 11 nitrogen and oxygen atoms in total. The number of hydrogen-bond acceptors (Lipinski definition) is 11. The third kappa shape index (κ3) is 5.35. The van der Waals surface area contributed by atoms with Crippen LogP contribution in [0.3, 0.4) is 0 Å². The first-order chi connectivity index (χ1) is 20.4. The maximum atomic E-state index is 13.6. The van der Waals surface area contributed by atoms with Gasteiger partial charge >= 0.3 is 23.9 Å². The molecule has 0 saturated heterocycles. The van der Waals surface area contributed by atoms with E-state index < -0.39 is 82.8 Å². The molecular weight excluding hydrogens is 572 g/mol. The number of aliphatic hydroxyl groups excluding tert-OH is 2. The van der Waals surface area contributed by atoms with Crippen molar-refractivity contribution in [2.45, 2.75) is 104 Å². The summed E-state index contributed by atoms with van der Waals surface area (Å²) in [6.45, 7) is 14.0. The average molecular weight is 615 g/mol. The quantitative estimate of drug-likeness (QED) is 0.245. The monoisotopic (exact) mass is 614 g/mol. The summed E-state index contributed by atoms with van der Waals surface area (Å²) in [5, 5.41) is 35.8. The van der Waals surface area contributed by atoms with Crippen molar-refractivity contribution < 1.29 is 53.4 Å². The van der Waals surface area contributed by atoms with Gasteiger partial charge in [-0.15, -0.1) is 0 Å². The summed E-state index contributed by atoms with van der Waals surface area (Å²) in [4.78, 5) is 51.1. The second-order valence-corrected chi connectivity index (χ2v) is 12.9. The van der Waals surface area contributed by atoms with Gasteiger partial charge in [0.1, 0.15) is 30.5 Å². The molecule has 11 heteroatoms. The van der Waals surface area contributed by atoms with Crippen LogP contribution in [-0.4, -0.2) is 81.4 Å². The molecule has 0 radical (unpaired) electrons. The minimum atomic E-state index is -1.77. The maximum absolute atomic E-state index is 13.6. The van der Waals surface area contributed by atoms with Gasteiger partial charge in [0, 0.05) is 39.5 Å². The van der Waals surface area contributed by atoms with Gasteiger partial charge in [0.05, 0.1) is 28.1 Å². The van der Waals surface area contributed by atoms with Crippen LogP contribution in [-0.2, 0) is 33.3 Å². The van der Waals surface area contributed by atoms with E-state index in [0.29, 0.717) is 5.57 Å². The molecule has 0 unspecified atom stereocenters. The summed E-state index contributed by atoms with van der Waals surface area (Å²) >= 11 is 0. The molecule has 1 aromatic carbocycles. The summed E-state index contributed by atoms with van der Waals surface area (Å²) < 4.78 is 23.6. The van der Waals surface area contributed by atoms with E-state index in [1.54, 1.807) is 32.0 Å². The van der Waals surface area contributed by atoms with Crippen molar-refractivity contribution in [1.29, 1.82) is 0 Å². The van der Waals surface area contributed by atoms with Crippen molar-refractivity contribution in [3.63, 3.8) is 0 Å².